The van der Waals surface area contributed by atoms with Crippen LogP contribution >= 0.6 is 35.3 Å². The van der Waals surface area contributed by atoms with Gasteiger partial charge in [0.05, 0.1) is 6.04 Å². The summed E-state index contributed by atoms with van der Waals surface area (Å²) >= 11 is 1.83. The zero-order valence-electron chi connectivity index (χ0n) is 15.4. The van der Waals surface area contributed by atoms with E-state index in [2.05, 4.69) is 55.2 Å². The molecule has 0 radical (unpaired) electrons. The predicted octanol–water partition coefficient (Wildman–Crippen LogP) is 2.39. The molecule has 1 aliphatic rings. The molecule has 1 fully saturated rings. The lowest BCUT2D eigenvalue weighted by Gasteiger charge is -2.27. The fourth-order valence-corrected chi connectivity index (χ4v) is 3.94. The molecule has 2 aromatic rings. The van der Waals surface area contributed by atoms with Crippen molar-refractivity contribution in [1.82, 2.24) is 30.3 Å². The van der Waals surface area contributed by atoms with Crippen LogP contribution in [-0.2, 0) is 13.6 Å². The van der Waals surface area contributed by atoms with Crippen molar-refractivity contribution >= 4 is 41.3 Å². The molecule has 1 unspecified atom stereocenters. The molecule has 1 aliphatic heterocycles. The van der Waals surface area contributed by atoms with E-state index >= 15 is 0 Å². The first-order valence-electron chi connectivity index (χ1n) is 8.90. The Bertz CT molecular complexity index is 664. The van der Waals surface area contributed by atoms with Gasteiger partial charge in [-0.2, -0.15) is 0 Å². The molecule has 0 aliphatic carbocycles. The number of aromatic nitrogens is 3. The first-order valence-corrected chi connectivity index (χ1v) is 9.78. The average Bonchev–Trinajstić information content (AvgIpc) is 3.36. The van der Waals surface area contributed by atoms with Crippen molar-refractivity contribution in [2.24, 2.45) is 12.0 Å². The molecule has 0 aromatic carbocycles. The van der Waals surface area contributed by atoms with Gasteiger partial charge in [0.25, 0.3) is 0 Å². The van der Waals surface area contributed by atoms with Crippen LogP contribution in [0.3, 0.4) is 0 Å². The lowest BCUT2D eigenvalue weighted by atomic mass is 10.2. The van der Waals surface area contributed by atoms with E-state index in [1.165, 1.54) is 30.8 Å². The van der Waals surface area contributed by atoms with E-state index in [1.54, 1.807) is 6.33 Å². The first-order chi connectivity index (χ1) is 12.3. The number of aryl methyl sites for hydroxylation is 1. The molecule has 0 amide bonds. The van der Waals surface area contributed by atoms with Gasteiger partial charge in [0.2, 0.25) is 0 Å². The molecular formula is C17H28IN7S. The van der Waals surface area contributed by atoms with Crippen LogP contribution in [0.5, 0.6) is 0 Å². The standard InChI is InChI=1S/C17H27N7S.HI/c1-3-18-17(20-12-16-22-21-13-23(16)2)19-11-14(15-7-6-10-25-15)24-8-4-5-9-24;/h6-7,10,13-14H,3-5,8-9,11-12H2,1-2H3,(H2,18,19,20);1H. The molecule has 0 bridgehead atoms. The van der Waals surface area contributed by atoms with Crippen molar-refractivity contribution in [3.63, 3.8) is 0 Å². The Morgan fingerprint density at radius 3 is 2.77 bits per heavy atom. The largest absolute Gasteiger partial charge is 0.357 e. The molecule has 7 nitrogen and oxygen atoms in total. The normalized spacial score (nSPS) is 16.3. The van der Waals surface area contributed by atoms with Crippen LogP contribution in [0.4, 0.5) is 0 Å². The summed E-state index contributed by atoms with van der Waals surface area (Å²) in [6, 6.07) is 4.77. The molecule has 0 saturated carbocycles. The monoisotopic (exact) mass is 489 g/mol. The topological polar surface area (TPSA) is 70.4 Å². The number of guanidine groups is 1. The van der Waals surface area contributed by atoms with Gasteiger partial charge in [0.15, 0.2) is 11.8 Å². The fourth-order valence-electron chi connectivity index (χ4n) is 3.08. The molecular weight excluding hydrogens is 461 g/mol. The minimum Gasteiger partial charge on any atom is -0.357 e. The Kier molecular flexibility index (Phi) is 8.79. The Morgan fingerprint density at radius 1 is 1.35 bits per heavy atom. The minimum atomic E-state index is 0. The molecule has 0 spiro atoms. The number of likely N-dealkylation sites (tertiary alicyclic amines) is 1. The third-order valence-corrected chi connectivity index (χ3v) is 5.42. The average molecular weight is 489 g/mol. The van der Waals surface area contributed by atoms with E-state index in [9.17, 15) is 0 Å². The summed E-state index contributed by atoms with van der Waals surface area (Å²) in [5.74, 6) is 1.68. The van der Waals surface area contributed by atoms with Crippen molar-refractivity contribution in [3.05, 3.63) is 34.5 Å². The van der Waals surface area contributed by atoms with Gasteiger partial charge in [-0.25, -0.2) is 4.99 Å². The minimum absolute atomic E-state index is 0. The smallest absolute Gasteiger partial charge is 0.191 e. The molecule has 1 saturated heterocycles. The second-order valence-corrected chi connectivity index (χ2v) is 7.19. The Morgan fingerprint density at radius 2 is 2.15 bits per heavy atom. The van der Waals surface area contributed by atoms with Gasteiger partial charge in [0.1, 0.15) is 12.9 Å². The summed E-state index contributed by atoms with van der Waals surface area (Å²) in [4.78, 5) is 8.64. The Balaban J connectivity index is 0.00000243. The maximum atomic E-state index is 4.65. The summed E-state index contributed by atoms with van der Waals surface area (Å²) in [7, 11) is 1.94. The van der Waals surface area contributed by atoms with E-state index in [4.69, 9.17) is 0 Å². The molecule has 2 aromatic heterocycles. The zero-order valence-corrected chi connectivity index (χ0v) is 18.5. The van der Waals surface area contributed by atoms with Crippen molar-refractivity contribution in [1.29, 1.82) is 0 Å². The number of nitrogens with one attached hydrogen (secondary N) is 2. The van der Waals surface area contributed by atoms with E-state index in [1.807, 2.05) is 23.0 Å². The maximum Gasteiger partial charge on any atom is 0.191 e. The van der Waals surface area contributed by atoms with E-state index in [0.717, 1.165) is 24.9 Å². The van der Waals surface area contributed by atoms with Gasteiger partial charge in [0, 0.05) is 25.0 Å². The first kappa shape index (κ1) is 21.1. The molecule has 9 heteroatoms. The highest BCUT2D eigenvalue weighted by Crippen LogP contribution is 2.27. The van der Waals surface area contributed by atoms with Crippen molar-refractivity contribution in [2.45, 2.75) is 32.4 Å². The quantitative estimate of drug-likeness (QED) is 0.355. The lowest BCUT2D eigenvalue weighted by molar-refractivity contribution is 0.249. The van der Waals surface area contributed by atoms with E-state index in [0.29, 0.717) is 12.6 Å². The molecule has 144 valence electrons. The van der Waals surface area contributed by atoms with Gasteiger partial charge >= 0.3 is 0 Å². The summed E-state index contributed by atoms with van der Waals surface area (Å²) in [5, 5.41) is 17.0. The van der Waals surface area contributed by atoms with Crippen LogP contribution in [-0.4, -0.2) is 51.8 Å². The zero-order chi connectivity index (χ0) is 17.5. The van der Waals surface area contributed by atoms with Crippen LogP contribution in [0.1, 0.15) is 36.5 Å². The molecule has 3 heterocycles. The van der Waals surface area contributed by atoms with Crippen molar-refractivity contribution in [2.75, 3.05) is 26.2 Å². The summed E-state index contributed by atoms with van der Waals surface area (Å²) in [6.07, 6.45) is 4.29. The predicted molar refractivity (Wildman–Crippen MR) is 117 cm³/mol. The number of thiophene rings is 1. The Labute approximate surface area is 176 Å². The number of hydrogen-bond acceptors (Lipinski definition) is 5. The summed E-state index contributed by atoms with van der Waals surface area (Å²) in [6.45, 7) is 6.63. The molecule has 2 N–H and O–H groups in total. The second kappa shape index (κ2) is 10.8. The van der Waals surface area contributed by atoms with Gasteiger partial charge in [-0.15, -0.1) is 45.5 Å². The van der Waals surface area contributed by atoms with Crippen molar-refractivity contribution < 1.29 is 0 Å². The Hall–Kier alpha value is -1.20. The summed E-state index contributed by atoms with van der Waals surface area (Å²) < 4.78 is 1.89. The number of rotatable bonds is 7. The SMILES string of the molecule is CCNC(=NCc1nncn1C)NCC(c1cccs1)N1CCCC1.I. The third kappa shape index (κ3) is 5.65. The molecule has 26 heavy (non-hydrogen) atoms. The lowest BCUT2D eigenvalue weighted by Crippen LogP contribution is -2.42. The van der Waals surface area contributed by atoms with Crippen LogP contribution in [0, 0.1) is 0 Å². The van der Waals surface area contributed by atoms with Crippen LogP contribution < -0.4 is 10.6 Å². The fraction of sp³-hybridized carbons (Fsp3) is 0.588. The van der Waals surface area contributed by atoms with E-state index in [-0.39, 0.29) is 24.0 Å². The number of hydrogen-bond donors (Lipinski definition) is 2. The van der Waals surface area contributed by atoms with Gasteiger partial charge in [-0.1, -0.05) is 6.07 Å². The van der Waals surface area contributed by atoms with Crippen LogP contribution in [0.15, 0.2) is 28.8 Å². The number of aliphatic imine (C=N–C) groups is 1. The van der Waals surface area contributed by atoms with E-state index < -0.39 is 0 Å². The highest BCUT2D eigenvalue weighted by molar-refractivity contribution is 14.0. The highest BCUT2D eigenvalue weighted by atomic mass is 127. The van der Waals surface area contributed by atoms with Gasteiger partial charge in [-0.05, 0) is 44.3 Å². The van der Waals surface area contributed by atoms with Crippen LogP contribution in [0.25, 0.3) is 0 Å². The maximum absolute atomic E-state index is 4.65. The highest BCUT2D eigenvalue weighted by Gasteiger charge is 2.24. The summed E-state index contributed by atoms with van der Waals surface area (Å²) in [5.41, 5.74) is 0. The van der Waals surface area contributed by atoms with Gasteiger partial charge in [-0.3, -0.25) is 4.90 Å². The molecule has 1 atom stereocenters. The number of nitrogens with zero attached hydrogens (tertiary/aromatic N) is 5. The third-order valence-electron chi connectivity index (χ3n) is 4.44. The van der Waals surface area contributed by atoms with Crippen LogP contribution in [0.2, 0.25) is 0 Å². The van der Waals surface area contributed by atoms with Gasteiger partial charge < -0.3 is 15.2 Å². The van der Waals surface area contributed by atoms with Crippen molar-refractivity contribution in [3.8, 4) is 0 Å². The number of halogens is 1. The second-order valence-electron chi connectivity index (χ2n) is 6.21. The molecule has 3 rings (SSSR count).